The third-order valence-corrected chi connectivity index (χ3v) is 2.66. The number of carbonyl (C=O) groups is 1. The third kappa shape index (κ3) is 6.30. The first-order valence-corrected chi connectivity index (χ1v) is 5.91. The number of nitrogens with one attached hydrogen (secondary N) is 1. The molecule has 0 aliphatic heterocycles. The number of halogens is 1. The zero-order valence-corrected chi connectivity index (χ0v) is 13.4. The second kappa shape index (κ2) is 10.8. The maximum Gasteiger partial charge on any atom is 4.00 e. The van der Waals surface area contributed by atoms with Gasteiger partial charge in [-0.1, -0.05) is 23.7 Å². The summed E-state index contributed by atoms with van der Waals surface area (Å²) in [5, 5.41) is 13.9. The number of phenols is 1. The van der Waals surface area contributed by atoms with E-state index in [9.17, 15) is 9.90 Å². The molecule has 1 amide bonds. The first-order chi connectivity index (χ1) is 9.16. The fourth-order valence-electron chi connectivity index (χ4n) is 1.42. The molecule has 0 bridgehead atoms. The Balaban J connectivity index is 0. The molecular formula is C14H13ClN2O4V+2. The molecule has 0 unspecified atom stereocenters. The molecule has 2 aromatic rings. The molecule has 8 heteroatoms. The van der Waals surface area contributed by atoms with Crippen LogP contribution >= 0.6 is 11.6 Å². The molecule has 4 N–H and O–H groups in total. The number of hydrazone groups is 1. The molecule has 0 atom stereocenters. The van der Waals surface area contributed by atoms with Crippen molar-refractivity contribution in [3.05, 3.63) is 64.7 Å². The van der Waals surface area contributed by atoms with Crippen molar-refractivity contribution in [2.24, 2.45) is 5.10 Å². The predicted molar refractivity (Wildman–Crippen MR) is 78.9 cm³/mol. The molecule has 0 saturated heterocycles. The Morgan fingerprint density at radius 1 is 1.14 bits per heavy atom. The van der Waals surface area contributed by atoms with Crippen LogP contribution in [0.5, 0.6) is 5.75 Å². The zero-order chi connectivity index (χ0) is 13.7. The molecule has 6 nitrogen and oxygen atoms in total. The summed E-state index contributed by atoms with van der Waals surface area (Å²) in [6.45, 7) is 0. The normalized spacial score (nSPS) is 9.14. The maximum atomic E-state index is 11.7. The van der Waals surface area contributed by atoms with Crippen molar-refractivity contribution >= 4 is 23.7 Å². The fourth-order valence-corrected chi connectivity index (χ4v) is 1.55. The van der Waals surface area contributed by atoms with Crippen molar-refractivity contribution in [1.29, 1.82) is 0 Å². The van der Waals surface area contributed by atoms with Gasteiger partial charge < -0.3 is 16.1 Å². The Hall–Kier alpha value is -1.83. The van der Waals surface area contributed by atoms with Gasteiger partial charge >= 0.3 is 18.6 Å². The summed E-state index contributed by atoms with van der Waals surface area (Å²) in [5.74, 6) is -0.240. The number of hydrogen-bond donors (Lipinski definition) is 2. The van der Waals surface area contributed by atoms with Crippen molar-refractivity contribution in [1.82, 2.24) is 5.43 Å². The van der Waals surface area contributed by atoms with Crippen LogP contribution in [-0.4, -0.2) is 22.7 Å². The summed E-state index contributed by atoms with van der Waals surface area (Å²) in [5.41, 5.74) is 3.35. The SMILES string of the molecule is O.O=C(N/N=C/c1ccccc1O)c1ccc(Cl)cc1.[O-2].[V+4]. The average molecular weight is 360 g/mol. The van der Waals surface area contributed by atoms with E-state index in [0.717, 1.165) is 0 Å². The number of nitrogens with zero attached hydrogens (tertiary/aromatic N) is 1. The van der Waals surface area contributed by atoms with Crippen LogP contribution in [0.25, 0.3) is 0 Å². The van der Waals surface area contributed by atoms with Crippen LogP contribution in [0.4, 0.5) is 0 Å². The van der Waals surface area contributed by atoms with Gasteiger partial charge in [0.05, 0.1) is 6.21 Å². The summed E-state index contributed by atoms with van der Waals surface area (Å²) in [4.78, 5) is 11.7. The van der Waals surface area contributed by atoms with Crippen LogP contribution in [0.2, 0.25) is 5.02 Å². The van der Waals surface area contributed by atoms with Gasteiger partial charge in [0.2, 0.25) is 0 Å². The van der Waals surface area contributed by atoms with Gasteiger partial charge in [0, 0.05) is 16.1 Å². The van der Waals surface area contributed by atoms with E-state index in [1.54, 1.807) is 48.5 Å². The Labute approximate surface area is 144 Å². The molecule has 22 heavy (non-hydrogen) atoms. The zero-order valence-electron chi connectivity index (χ0n) is 11.2. The van der Waals surface area contributed by atoms with E-state index in [-0.39, 0.29) is 41.2 Å². The van der Waals surface area contributed by atoms with Crippen LogP contribution in [0.3, 0.4) is 0 Å². The number of phenolic OH excluding ortho intramolecular Hbond substituents is 1. The minimum absolute atomic E-state index is 0. The number of hydrogen-bond acceptors (Lipinski definition) is 3. The number of benzene rings is 2. The number of aromatic hydroxyl groups is 1. The molecule has 0 saturated carbocycles. The number of amides is 1. The summed E-state index contributed by atoms with van der Waals surface area (Å²) in [6, 6.07) is 13.2. The Morgan fingerprint density at radius 3 is 2.32 bits per heavy atom. The second-order valence-electron chi connectivity index (χ2n) is 3.76. The average Bonchev–Trinajstić information content (AvgIpc) is 2.41. The minimum Gasteiger partial charge on any atom is -2.00 e. The molecule has 0 aromatic heterocycles. The molecule has 0 fully saturated rings. The van der Waals surface area contributed by atoms with Crippen LogP contribution in [0.1, 0.15) is 15.9 Å². The monoisotopic (exact) mass is 359 g/mol. The van der Waals surface area contributed by atoms with Gasteiger partial charge in [-0.15, -0.1) is 0 Å². The van der Waals surface area contributed by atoms with Crippen molar-refractivity contribution in [2.75, 3.05) is 0 Å². The topological polar surface area (TPSA) is 122 Å². The molecule has 0 spiro atoms. The smallest absolute Gasteiger partial charge is 2.00 e. The first kappa shape index (κ1) is 22.5. The second-order valence-corrected chi connectivity index (χ2v) is 4.20. The van der Waals surface area contributed by atoms with Gasteiger partial charge in [0.15, 0.2) is 0 Å². The molecule has 2 rings (SSSR count). The van der Waals surface area contributed by atoms with E-state index < -0.39 is 0 Å². The fraction of sp³-hybridized carbons (Fsp3) is 0. The molecule has 0 aliphatic carbocycles. The van der Waals surface area contributed by atoms with E-state index >= 15 is 0 Å². The largest absolute Gasteiger partial charge is 4.00 e. The van der Waals surface area contributed by atoms with Crippen molar-refractivity contribution in [3.63, 3.8) is 0 Å². The van der Waals surface area contributed by atoms with Gasteiger partial charge in [-0.25, -0.2) is 5.43 Å². The van der Waals surface area contributed by atoms with Gasteiger partial charge in [-0.05, 0) is 36.4 Å². The first-order valence-electron chi connectivity index (χ1n) is 5.54. The van der Waals surface area contributed by atoms with Gasteiger partial charge in [0.1, 0.15) is 5.75 Å². The van der Waals surface area contributed by atoms with Crippen LogP contribution in [0.15, 0.2) is 53.6 Å². The van der Waals surface area contributed by atoms with Crippen LogP contribution < -0.4 is 5.43 Å². The van der Waals surface area contributed by atoms with E-state index in [1.807, 2.05) is 0 Å². The number of para-hydroxylation sites is 1. The quantitative estimate of drug-likeness (QED) is 0.642. The summed E-state index contributed by atoms with van der Waals surface area (Å²) in [6.07, 6.45) is 1.38. The Morgan fingerprint density at radius 2 is 1.73 bits per heavy atom. The summed E-state index contributed by atoms with van der Waals surface area (Å²) >= 11 is 5.73. The molecule has 0 heterocycles. The van der Waals surface area contributed by atoms with Gasteiger partial charge in [0.25, 0.3) is 5.91 Å². The maximum absolute atomic E-state index is 11.7. The van der Waals surface area contributed by atoms with E-state index in [2.05, 4.69) is 10.5 Å². The van der Waals surface area contributed by atoms with E-state index in [0.29, 0.717) is 16.1 Å². The van der Waals surface area contributed by atoms with Crippen molar-refractivity contribution < 1.29 is 39.4 Å². The summed E-state index contributed by atoms with van der Waals surface area (Å²) < 4.78 is 0. The summed E-state index contributed by atoms with van der Waals surface area (Å²) in [7, 11) is 0. The van der Waals surface area contributed by atoms with E-state index in [1.165, 1.54) is 6.21 Å². The third-order valence-electron chi connectivity index (χ3n) is 2.41. The van der Waals surface area contributed by atoms with Crippen LogP contribution in [-0.2, 0) is 24.0 Å². The molecule has 113 valence electrons. The molecule has 1 radical (unpaired) electrons. The van der Waals surface area contributed by atoms with Crippen LogP contribution in [0, 0.1) is 0 Å². The van der Waals surface area contributed by atoms with E-state index in [4.69, 9.17) is 11.6 Å². The molecular weight excluding hydrogens is 347 g/mol. The van der Waals surface area contributed by atoms with Gasteiger partial charge in [-0.3, -0.25) is 4.79 Å². The van der Waals surface area contributed by atoms with Crippen molar-refractivity contribution in [2.45, 2.75) is 0 Å². The molecule has 0 aliphatic rings. The number of rotatable bonds is 3. The molecule has 2 aromatic carbocycles. The van der Waals surface area contributed by atoms with Crippen molar-refractivity contribution in [3.8, 4) is 5.75 Å². The van der Waals surface area contributed by atoms with Gasteiger partial charge in [-0.2, -0.15) is 5.10 Å². The standard InChI is InChI=1S/C14H11ClN2O2.H2O.O.V/c15-12-7-5-10(6-8-12)14(19)17-16-9-11-3-1-2-4-13(11)18;;;/h1-9,18H,(H,17,19);1H2;;/q;;-2;+4/b16-9+;;;. The Kier molecular flexibility index (Phi) is 11.1. The predicted octanol–water partition coefficient (Wildman–Crippen LogP) is 1.86. The Bertz CT molecular complexity index is 620. The minimum atomic E-state index is -0.344. The number of carbonyl (C=O) groups excluding carboxylic acids is 1.